The number of benzene rings is 1. The zero-order valence-electron chi connectivity index (χ0n) is 14.8. The summed E-state index contributed by atoms with van der Waals surface area (Å²) in [6, 6.07) is 6.50. The second-order valence-corrected chi connectivity index (χ2v) is 6.62. The van der Waals surface area contributed by atoms with E-state index in [0.29, 0.717) is 29.9 Å². The van der Waals surface area contributed by atoms with E-state index in [-0.39, 0.29) is 43.0 Å². The van der Waals surface area contributed by atoms with Crippen LogP contribution in [0.2, 0.25) is 0 Å². The Hall–Kier alpha value is -2.84. The number of hydrogen-bond donors (Lipinski definition) is 2. The Morgan fingerprint density at radius 3 is 2.74 bits per heavy atom. The van der Waals surface area contributed by atoms with E-state index in [1.807, 2.05) is 0 Å². The van der Waals surface area contributed by atoms with E-state index in [9.17, 15) is 18.4 Å². The molecule has 0 aliphatic heterocycles. The van der Waals surface area contributed by atoms with Crippen molar-refractivity contribution in [3.63, 3.8) is 0 Å². The molecule has 2 amide bonds. The molecule has 1 aromatic heterocycles. The third-order valence-electron chi connectivity index (χ3n) is 4.41. The smallest absolute Gasteiger partial charge is 0.251 e. The summed E-state index contributed by atoms with van der Waals surface area (Å²) in [4.78, 5) is 27.5. The highest BCUT2D eigenvalue weighted by atomic mass is 19.3. The van der Waals surface area contributed by atoms with Crippen LogP contribution in [0.4, 0.5) is 14.5 Å². The van der Waals surface area contributed by atoms with Gasteiger partial charge in [-0.25, -0.2) is 8.78 Å². The van der Waals surface area contributed by atoms with Gasteiger partial charge < -0.3 is 15.2 Å². The molecular weight excluding hydrogens is 358 g/mol. The monoisotopic (exact) mass is 378 g/mol. The largest absolute Gasteiger partial charge is 0.343 e. The van der Waals surface area contributed by atoms with Crippen LogP contribution in [0.5, 0.6) is 0 Å². The predicted octanol–water partition coefficient (Wildman–Crippen LogP) is 3.25. The molecule has 2 N–H and O–H groups in total. The van der Waals surface area contributed by atoms with Gasteiger partial charge in [-0.2, -0.15) is 4.98 Å². The van der Waals surface area contributed by atoms with Gasteiger partial charge in [0, 0.05) is 36.9 Å². The van der Waals surface area contributed by atoms with Crippen LogP contribution in [0.3, 0.4) is 0 Å². The Labute approximate surface area is 154 Å². The first-order valence-corrected chi connectivity index (χ1v) is 8.68. The fourth-order valence-electron chi connectivity index (χ4n) is 3.00. The van der Waals surface area contributed by atoms with Gasteiger partial charge in [0.1, 0.15) is 0 Å². The molecule has 0 radical (unpaired) electrons. The second-order valence-electron chi connectivity index (χ2n) is 6.62. The molecule has 1 aromatic carbocycles. The van der Waals surface area contributed by atoms with Gasteiger partial charge in [-0.3, -0.25) is 9.59 Å². The van der Waals surface area contributed by atoms with Crippen LogP contribution < -0.4 is 10.6 Å². The maximum atomic E-state index is 13.2. The van der Waals surface area contributed by atoms with Crippen molar-refractivity contribution in [2.24, 2.45) is 0 Å². The normalized spacial score (nSPS) is 16.7. The molecule has 0 atom stereocenters. The van der Waals surface area contributed by atoms with E-state index in [0.717, 1.165) is 0 Å². The highest BCUT2D eigenvalue weighted by Gasteiger charge is 2.36. The average Bonchev–Trinajstić information content (AvgIpc) is 3.08. The number of anilines is 1. The van der Waals surface area contributed by atoms with Gasteiger partial charge in [-0.05, 0) is 31.0 Å². The molecule has 0 saturated heterocycles. The molecule has 0 spiro atoms. The zero-order chi connectivity index (χ0) is 19.4. The van der Waals surface area contributed by atoms with Crippen LogP contribution in [0.1, 0.15) is 60.6 Å². The van der Waals surface area contributed by atoms with Gasteiger partial charge >= 0.3 is 0 Å². The first-order chi connectivity index (χ1) is 12.8. The van der Waals surface area contributed by atoms with E-state index < -0.39 is 5.92 Å². The first kappa shape index (κ1) is 18.9. The van der Waals surface area contributed by atoms with Gasteiger partial charge in [0.15, 0.2) is 5.82 Å². The molecule has 1 aliphatic rings. The number of hydrogen-bond acceptors (Lipinski definition) is 5. The highest BCUT2D eigenvalue weighted by molar-refractivity contribution is 5.96. The van der Waals surface area contributed by atoms with Crippen molar-refractivity contribution in [1.82, 2.24) is 15.5 Å². The van der Waals surface area contributed by atoms with Crippen molar-refractivity contribution >= 4 is 17.5 Å². The van der Waals surface area contributed by atoms with E-state index in [4.69, 9.17) is 4.52 Å². The number of carbonyl (C=O) groups excluding carboxylic acids is 2. The number of aromatic nitrogens is 2. The molecule has 1 aliphatic carbocycles. The molecule has 0 bridgehead atoms. The standard InChI is InChI=1S/C18H20F2N4O3/c1-11(25)22-14-4-2-3-13(9-14)17(26)21-10-15-23-16(24-27-15)12-5-7-18(19,20)8-6-12/h2-4,9,12H,5-8,10H2,1H3,(H,21,26)(H,22,25). The van der Waals surface area contributed by atoms with Gasteiger partial charge in [-0.1, -0.05) is 11.2 Å². The van der Waals surface area contributed by atoms with Crippen LogP contribution in [-0.2, 0) is 11.3 Å². The van der Waals surface area contributed by atoms with Gasteiger partial charge in [0.05, 0.1) is 6.54 Å². The molecule has 9 heteroatoms. The number of rotatable bonds is 5. The van der Waals surface area contributed by atoms with Crippen molar-refractivity contribution < 1.29 is 22.9 Å². The molecule has 1 saturated carbocycles. The number of alkyl halides is 2. The van der Waals surface area contributed by atoms with Crippen molar-refractivity contribution in [3.8, 4) is 0 Å². The molecule has 2 aromatic rings. The predicted molar refractivity (Wildman–Crippen MR) is 92.4 cm³/mol. The molecule has 1 fully saturated rings. The minimum atomic E-state index is -2.61. The summed E-state index contributed by atoms with van der Waals surface area (Å²) in [7, 11) is 0. The fraction of sp³-hybridized carbons (Fsp3) is 0.444. The lowest BCUT2D eigenvalue weighted by atomic mass is 9.86. The molecular formula is C18H20F2N4O3. The Morgan fingerprint density at radius 1 is 1.30 bits per heavy atom. The average molecular weight is 378 g/mol. The van der Waals surface area contributed by atoms with Gasteiger partial charge in [-0.15, -0.1) is 0 Å². The first-order valence-electron chi connectivity index (χ1n) is 8.68. The number of amides is 2. The van der Waals surface area contributed by atoms with E-state index in [1.165, 1.54) is 6.92 Å². The summed E-state index contributed by atoms with van der Waals surface area (Å²) in [5.41, 5.74) is 0.889. The Balaban J connectivity index is 1.55. The summed E-state index contributed by atoms with van der Waals surface area (Å²) in [6.07, 6.45) is 0.272. The van der Waals surface area contributed by atoms with Crippen LogP contribution in [0.15, 0.2) is 28.8 Å². The molecule has 1 heterocycles. The van der Waals surface area contributed by atoms with Crippen LogP contribution in [-0.4, -0.2) is 27.9 Å². The lowest BCUT2D eigenvalue weighted by Crippen LogP contribution is -2.24. The van der Waals surface area contributed by atoms with Crippen molar-refractivity contribution in [1.29, 1.82) is 0 Å². The lowest BCUT2D eigenvalue weighted by Gasteiger charge is -2.26. The van der Waals surface area contributed by atoms with Crippen molar-refractivity contribution in [2.45, 2.75) is 51.0 Å². The zero-order valence-corrected chi connectivity index (χ0v) is 14.8. The summed E-state index contributed by atoms with van der Waals surface area (Å²) < 4.78 is 31.6. The van der Waals surface area contributed by atoms with Crippen LogP contribution in [0, 0.1) is 0 Å². The van der Waals surface area contributed by atoms with E-state index in [1.54, 1.807) is 24.3 Å². The topological polar surface area (TPSA) is 97.1 Å². The SMILES string of the molecule is CC(=O)Nc1cccc(C(=O)NCc2nc(C3CCC(F)(F)CC3)no2)c1. The summed E-state index contributed by atoms with van der Waals surface area (Å²) in [6.45, 7) is 1.41. The highest BCUT2D eigenvalue weighted by Crippen LogP contribution is 2.39. The number of halogens is 2. The Kier molecular flexibility index (Phi) is 5.48. The number of carbonyl (C=O) groups is 2. The quantitative estimate of drug-likeness (QED) is 0.832. The van der Waals surface area contributed by atoms with E-state index in [2.05, 4.69) is 20.8 Å². The van der Waals surface area contributed by atoms with Gasteiger partial charge in [0.2, 0.25) is 17.7 Å². The molecule has 7 nitrogen and oxygen atoms in total. The maximum absolute atomic E-state index is 13.2. The summed E-state index contributed by atoms with van der Waals surface area (Å²) >= 11 is 0. The molecule has 27 heavy (non-hydrogen) atoms. The molecule has 144 valence electrons. The Morgan fingerprint density at radius 2 is 2.04 bits per heavy atom. The molecule has 0 unspecified atom stereocenters. The minimum absolute atomic E-state index is 0.0269. The fourth-order valence-corrected chi connectivity index (χ4v) is 3.00. The van der Waals surface area contributed by atoms with E-state index >= 15 is 0 Å². The third kappa shape index (κ3) is 5.08. The third-order valence-corrected chi connectivity index (χ3v) is 4.41. The van der Waals surface area contributed by atoms with Crippen molar-refractivity contribution in [2.75, 3.05) is 5.32 Å². The second kappa shape index (κ2) is 7.81. The molecule has 3 rings (SSSR count). The summed E-state index contributed by atoms with van der Waals surface area (Å²) in [5.74, 6) is -2.73. The Bertz CT molecular complexity index is 828. The summed E-state index contributed by atoms with van der Waals surface area (Å²) in [5, 5.41) is 9.12. The maximum Gasteiger partial charge on any atom is 0.251 e. The van der Waals surface area contributed by atoms with Gasteiger partial charge in [0.25, 0.3) is 5.91 Å². The number of nitrogens with one attached hydrogen (secondary N) is 2. The van der Waals surface area contributed by atoms with Crippen LogP contribution in [0.25, 0.3) is 0 Å². The number of nitrogens with zero attached hydrogens (tertiary/aromatic N) is 2. The van der Waals surface area contributed by atoms with Crippen LogP contribution >= 0.6 is 0 Å². The lowest BCUT2D eigenvalue weighted by molar-refractivity contribution is -0.114. The minimum Gasteiger partial charge on any atom is -0.343 e. The van der Waals surface area contributed by atoms with Crippen molar-refractivity contribution in [3.05, 3.63) is 41.5 Å².